The number of benzene rings is 1. The van der Waals surface area contributed by atoms with Crippen LogP contribution in [0.1, 0.15) is 19.3 Å². The fourth-order valence-corrected chi connectivity index (χ4v) is 3.26. The lowest BCUT2D eigenvalue weighted by molar-refractivity contribution is 0.101. The normalized spacial score (nSPS) is 22.3. The molecule has 0 bridgehead atoms. The van der Waals surface area contributed by atoms with Gasteiger partial charge in [0, 0.05) is 17.0 Å². The molecule has 5 heteroatoms. The zero-order valence-corrected chi connectivity index (χ0v) is 13.0. The first-order chi connectivity index (χ1) is 9.69. The molecule has 2 aromatic rings. The molecule has 20 heavy (non-hydrogen) atoms. The summed E-state index contributed by atoms with van der Waals surface area (Å²) in [5, 5.41) is 4.61. The van der Waals surface area contributed by atoms with Crippen molar-refractivity contribution in [1.82, 2.24) is 4.98 Å². The first-order valence-electron chi connectivity index (χ1n) is 6.82. The lowest BCUT2D eigenvalue weighted by Crippen LogP contribution is -2.30. The second-order valence-electron chi connectivity index (χ2n) is 5.21. The molecule has 0 amide bonds. The number of rotatable bonds is 3. The number of ether oxygens (including phenoxy) is 1. The minimum absolute atomic E-state index is 0.254. The molecule has 1 saturated carbocycles. The Bertz CT molecular complexity index is 627. The van der Waals surface area contributed by atoms with Gasteiger partial charge in [0.25, 0.3) is 0 Å². The zero-order chi connectivity index (χ0) is 14.1. The summed E-state index contributed by atoms with van der Waals surface area (Å²) in [4.78, 5) is 4.38. The van der Waals surface area contributed by atoms with Crippen LogP contribution in [0, 0.1) is 0 Å². The van der Waals surface area contributed by atoms with E-state index < -0.39 is 0 Å². The lowest BCUT2D eigenvalue weighted by atomic mass is 10.1. The molecule has 106 valence electrons. The maximum Gasteiger partial charge on any atom is 0.0772 e. The van der Waals surface area contributed by atoms with Crippen LogP contribution in [0.2, 0.25) is 0 Å². The first kappa shape index (κ1) is 13.6. The van der Waals surface area contributed by atoms with Crippen molar-refractivity contribution < 1.29 is 4.74 Å². The Hall–Kier alpha value is -1.33. The van der Waals surface area contributed by atoms with Gasteiger partial charge in [0.05, 0.1) is 35.2 Å². The van der Waals surface area contributed by atoms with Gasteiger partial charge in [-0.15, -0.1) is 0 Å². The number of nitrogen functional groups attached to an aromatic ring is 1. The van der Waals surface area contributed by atoms with Crippen molar-refractivity contribution in [3.8, 4) is 0 Å². The van der Waals surface area contributed by atoms with Crippen LogP contribution in [0.25, 0.3) is 10.9 Å². The van der Waals surface area contributed by atoms with Crippen LogP contribution in [-0.2, 0) is 4.74 Å². The number of nitrogens with one attached hydrogen (secondary N) is 1. The molecular weight excluding hydrogens is 318 g/mol. The number of nitrogens with two attached hydrogens (primary N) is 1. The van der Waals surface area contributed by atoms with Crippen LogP contribution >= 0.6 is 15.9 Å². The Morgan fingerprint density at radius 3 is 3.05 bits per heavy atom. The summed E-state index contributed by atoms with van der Waals surface area (Å²) < 4.78 is 6.57. The molecular formula is C15H18BrN3O. The summed E-state index contributed by atoms with van der Waals surface area (Å²) in [7, 11) is 1.77. The molecule has 4 nitrogen and oxygen atoms in total. The Balaban J connectivity index is 2.01. The number of hydrogen-bond donors (Lipinski definition) is 2. The van der Waals surface area contributed by atoms with Gasteiger partial charge in [0.2, 0.25) is 0 Å². The van der Waals surface area contributed by atoms with Crippen molar-refractivity contribution in [2.75, 3.05) is 18.2 Å². The number of methoxy groups -OCH3 is 1. The molecule has 1 heterocycles. The summed E-state index contributed by atoms with van der Waals surface area (Å²) in [5.74, 6) is 0. The molecule has 0 saturated heterocycles. The summed E-state index contributed by atoms with van der Waals surface area (Å²) in [6.07, 6.45) is 5.36. The highest BCUT2D eigenvalue weighted by molar-refractivity contribution is 9.10. The van der Waals surface area contributed by atoms with Gasteiger partial charge in [-0.2, -0.15) is 0 Å². The van der Waals surface area contributed by atoms with E-state index in [9.17, 15) is 0 Å². The number of anilines is 2. The molecule has 0 aliphatic heterocycles. The maximum absolute atomic E-state index is 6.12. The van der Waals surface area contributed by atoms with E-state index in [4.69, 9.17) is 10.5 Å². The highest BCUT2D eigenvalue weighted by Crippen LogP contribution is 2.33. The van der Waals surface area contributed by atoms with E-state index in [0.29, 0.717) is 11.7 Å². The molecule has 0 radical (unpaired) electrons. The molecule has 1 aliphatic rings. The maximum atomic E-state index is 6.12. The van der Waals surface area contributed by atoms with E-state index in [1.807, 2.05) is 12.1 Å². The number of hydrogen-bond acceptors (Lipinski definition) is 4. The van der Waals surface area contributed by atoms with Crippen molar-refractivity contribution in [3.05, 3.63) is 28.9 Å². The van der Waals surface area contributed by atoms with E-state index in [2.05, 4.69) is 32.3 Å². The van der Waals surface area contributed by atoms with E-state index in [0.717, 1.165) is 33.9 Å². The Labute approximate surface area is 126 Å². The Morgan fingerprint density at radius 2 is 2.25 bits per heavy atom. The molecule has 1 fully saturated rings. The highest BCUT2D eigenvalue weighted by Gasteiger charge is 2.27. The van der Waals surface area contributed by atoms with Crippen molar-refractivity contribution in [3.63, 3.8) is 0 Å². The molecule has 2 unspecified atom stereocenters. The molecule has 1 aromatic heterocycles. The third kappa shape index (κ3) is 2.47. The Kier molecular flexibility index (Phi) is 3.81. The van der Waals surface area contributed by atoms with Crippen LogP contribution in [0.3, 0.4) is 0 Å². The van der Waals surface area contributed by atoms with Gasteiger partial charge < -0.3 is 15.8 Å². The number of halogens is 1. The predicted molar refractivity (Wildman–Crippen MR) is 85.9 cm³/mol. The van der Waals surface area contributed by atoms with Crippen LogP contribution in [-0.4, -0.2) is 24.2 Å². The van der Waals surface area contributed by atoms with Crippen LogP contribution in [0.15, 0.2) is 28.9 Å². The topological polar surface area (TPSA) is 60.2 Å². The monoisotopic (exact) mass is 335 g/mol. The number of aromatic nitrogens is 1. The average molecular weight is 336 g/mol. The van der Waals surface area contributed by atoms with Crippen molar-refractivity contribution in [1.29, 1.82) is 0 Å². The molecule has 3 rings (SSSR count). The average Bonchev–Trinajstić information content (AvgIpc) is 2.89. The minimum atomic E-state index is 0.254. The number of nitrogens with zero attached hydrogens (tertiary/aromatic N) is 1. The fourth-order valence-electron chi connectivity index (χ4n) is 2.90. The molecule has 1 aliphatic carbocycles. The second-order valence-corrected chi connectivity index (χ2v) is 6.12. The predicted octanol–water partition coefficient (Wildman–Crippen LogP) is 3.56. The van der Waals surface area contributed by atoms with Gasteiger partial charge in [-0.3, -0.25) is 4.98 Å². The van der Waals surface area contributed by atoms with Gasteiger partial charge in [-0.1, -0.05) is 15.9 Å². The van der Waals surface area contributed by atoms with Crippen molar-refractivity contribution in [2.24, 2.45) is 0 Å². The van der Waals surface area contributed by atoms with Gasteiger partial charge in [-0.05, 0) is 37.5 Å². The summed E-state index contributed by atoms with van der Waals surface area (Å²) in [6, 6.07) is 6.35. The van der Waals surface area contributed by atoms with Crippen LogP contribution in [0.5, 0.6) is 0 Å². The van der Waals surface area contributed by atoms with Gasteiger partial charge >= 0.3 is 0 Å². The lowest BCUT2D eigenvalue weighted by Gasteiger charge is -2.22. The van der Waals surface area contributed by atoms with Gasteiger partial charge in [0.15, 0.2) is 0 Å². The van der Waals surface area contributed by atoms with E-state index in [-0.39, 0.29) is 6.10 Å². The standard InChI is InChI=1S/C15H18BrN3O/c1-20-14-4-2-3-13(14)19-15-10-7-9(16)5-6-12(10)18-8-11(15)17/h5-8,13-14H,2-4,17H2,1H3,(H,18,19). The first-order valence-corrected chi connectivity index (χ1v) is 7.61. The van der Waals surface area contributed by atoms with Crippen molar-refractivity contribution in [2.45, 2.75) is 31.4 Å². The quantitative estimate of drug-likeness (QED) is 0.900. The summed E-state index contributed by atoms with van der Waals surface area (Å²) in [6.45, 7) is 0. The van der Waals surface area contributed by atoms with Gasteiger partial charge in [0.1, 0.15) is 0 Å². The molecule has 3 N–H and O–H groups in total. The Morgan fingerprint density at radius 1 is 1.40 bits per heavy atom. The van der Waals surface area contributed by atoms with Crippen molar-refractivity contribution >= 4 is 38.2 Å². The number of pyridine rings is 1. The highest BCUT2D eigenvalue weighted by atomic mass is 79.9. The second kappa shape index (κ2) is 5.58. The summed E-state index contributed by atoms with van der Waals surface area (Å²) >= 11 is 3.51. The minimum Gasteiger partial charge on any atom is -0.396 e. The fraction of sp³-hybridized carbons (Fsp3) is 0.400. The molecule has 2 atom stereocenters. The van der Waals surface area contributed by atoms with Crippen LogP contribution < -0.4 is 11.1 Å². The van der Waals surface area contributed by atoms with Gasteiger partial charge in [-0.25, -0.2) is 0 Å². The van der Waals surface area contributed by atoms with E-state index in [1.54, 1.807) is 13.3 Å². The third-order valence-corrected chi connectivity index (χ3v) is 4.44. The molecule has 1 aromatic carbocycles. The van der Waals surface area contributed by atoms with E-state index >= 15 is 0 Å². The zero-order valence-electron chi connectivity index (χ0n) is 11.4. The smallest absolute Gasteiger partial charge is 0.0772 e. The summed E-state index contributed by atoms with van der Waals surface area (Å²) in [5.41, 5.74) is 8.70. The molecule has 0 spiro atoms. The SMILES string of the molecule is COC1CCCC1Nc1c(N)cnc2ccc(Br)cc12. The van der Waals surface area contributed by atoms with Crippen LogP contribution in [0.4, 0.5) is 11.4 Å². The number of fused-ring (bicyclic) bond motifs is 1. The van der Waals surface area contributed by atoms with E-state index in [1.165, 1.54) is 6.42 Å². The largest absolute Gasteiger partial charge is 0.396 e. The third-order valence-electron chi connectivity index (χ3n) is 3.94.